The number of phenols is 4. The summed E-state index contributed by atoms with van der Waals surface area (Å²) in [6.45, 7) is 32.7. The number of likely N-dealkylation sites (tertiary alicyclic amines) is 2. The van der Waals surface area contributed by atoms with Crippen LogP contribution in [0.15, 0.2) is 59.7 Å². The Hall–Kier alpha value is -3.00. The summed E-state index contributed by atoms with van der Waals surface area (Å²) in [7, 11) is 0. The van der Waals surface area contributed by atoms with E-state index in [0.717, 1.165) is 100 Å². The zero-order valence-corrected chi connectivity index (χ0v) is 42.4. The maximum atomic E-state index is 11.4. The summed E-state index contributed by atoms with van der Waals surface area (Å²) < 4.78 is 0.773. The van der Waals surface area contributed by atoms with Crippen LogP contribution in [0.5, 0.6) is 23.0 Å². The van der Waals surface area contributed by atoms with Crippen molar-refractivity contribution in [2.45, 2.75) is 128 Å². The first-order valence-corrected chi connectivity index (χ1v) is 24.1. The van der Waals surface area contributed by atoms with Gasteiger partial charge in [-0.1, -0.05) is 107 Å². The number of benzene rings is 2. The van der Waals surface area contributed by atoms with E-state index in [9.17, 15) is 30.0 Å². The van der Waals surface area contributed by atoms with Gasteiger partial charge in [0.05, 0.1) is 1.93 Å². The van der Waals surface area contributed by atoms with Gasteiger partial charge in [-0.25, -0.2) is 0 Å². The lowest BCUT2D eigenvalue weighted by Crippen LogP contribution is -2.49. The second-order valence-electron chi connectivity index (χ2n) is 17.5. The molecule has 4 N–H and O–H groups in total. The van der Waals surface area contributed by atoms with Gasteiger partial charge in [0.15, 0.2) is 0 Å². The van der Waals surface area contributed by atoms with Gasteiger partial charge < -0.3 is 30.2 Å². The summed E-state index contributed by atoms with van der Waals surface area (Å²) in [5, 5.41) is 43.5. The topological polar surface area (TPSA) is 122 Å². The van der Waals surface area contributed by atoms with E-state index in [-0.39, 0.29) is 58.5 Å². The molecule has 4 aliphatic rings. The van der Waals surface area contributed by atoms with Crippen LogP contribution in [-0.2, 0) is 22.4 Å². The zero-order chi connectivity index (χ0) is 45.3. The fourth-order valence-corrected chi connectivity index (χ4v) is 9.19. The van der Waals surface area contributed by atoms with Gasteiger partial charge >= 0.3 is 0 Å². The number of hydrogen-bond acceptors (Lipinski definition) is 6. The molecule has 332 valence electrons. The van der Waals surface area contributed by atoms with E-state index in [1.807, 2.05) is 51.3 Å². The first-order valence-electron chi connectivity index (χ1n) is 21.6. The molecule has 4 unspecified atom stereocenters. The van der Waals surface area contributed by atoms with Crippen molar-refractivity contribution in [3.8, 4) is 23.0 Å². The summed E-state index contributed by atoms with van der Waals surface area (Å²) in [5.74, 6) is 2.10. The molecular weight excluding hydrogens is 978 g/mol. The molecular formula is C50H72I2N2O6. The fraction of sp³-hybridized carbons (Fsp3) is 0.560. The summed E-state index contributed by atoms with van der Waals surface area (Å²) in [6.07, 6.45) is 9.92. The first kappa shape index (κ1) is 51.4. The average molecular weight is 1050 g/mol. The van der Waals surface area contributed by atoms with E-state index in [1.165, 1.54) is 11.1 Å². The molecule has 2 aromatic carbocycles. The van der Waals surface area contributed by atoms with Crippen LogP contribution in [0.2, 0.25) is 0 Å². The lowest BCUT2D eigenvalue weighted by Gasteiger charge is -2.39. The average Bonchev–Trinajstić information content (AvgIpc) is 3.11. The number of halogens is 2. The minimum absolute atomic E-state index is 0.0350. The van der Waals surface area contributed by atoms with E-state index in [0.29, 0.717) is 23.0 Å². The molecule has 60 heavy (non-hydrogen) atoms. The summed E-state index contributed by atoms with van der Waals surface area (Å²) in [5.41, 5.74) is 9.63. The number of nitrogens with zero attached hydrogens (tertiary/aromatic N) is 2. The maximum Gasteiger partial charge on any atom is 0.219 e. The standard InChI is InChI=1S/C24H33NO3.C22H29NO3.C2H4I2.C2H6/c1-13(2)19-8-7-14(3)9-21(19)22-23(27)15(4)20(16(5)24(22)28)10-18-11-25(12-18)17(6)26;1-13(2)18-6-5-14(3)7-19(18)22-20(25)9-16(10-21(22)26)8-17-11-23(12-17)15(4)24;1-2(3)4;1-2/h9,18-19,21,27-28H,1,7-8,10-12H2,2-6H3;7,9-10,17-19,25-26H,1,5-6,8,11-12H2,2-4H3;2H,1H3;1-2H3. The number of allylic oxidation sites excluding steroid dienone is 6. The van der Waals surface area contributed by atoms with Crippen LogP contribution >= 0.6 is 45.2 Å². The molecule has 0 spiro atoms. The Kier molecular flexibility index (Phi) is 19.6. The minimum atomic E-state index is -0.0467. The Morgan fingerprint density at radius 2 is 1.03 bits per heavy atom. The van der Waals surface area contributed by atoms with Gasteiger partial charge in [-0.05, 0) is 145 Å². The smallest absolute Gasteiger partial charge is 0.219 e. The molecule has 2 aliphatic carbocycles. The Bertz CT molecular complexity index is 1880. The maximum absolute atomic E-state index is 11.4. The molecule has 0 bridgehead atoms. The van der Waals surface area contributed by atoms with Gasteiger partial charge in [0.25, 0.3) is 0 Å². The number of carbonyl (C=O) groups is 2. The number of hydrogen-bond donors (Lipinski definition) is 4. The highest BCUT2D eigenvalue weighted by Gasteiger charge is 2.35. The SMILES string of the molecule is C=C(C)C1CCC(C)=CC1c1c(O)c(C)c(CC2CN(C(C)=O)C2)c(C)c1O.C=C(C)C1CCC(C)=CC1c1c(O)cc(CC2CN(C(C)=O)C2)cc1O.CC.CC(I)I. The third-order valence-electron chi connectivity index (χ3n) is 12.6. The molecule has 0 radical (unpaired) electrons. The highest BCUT2D eigenvalue weighted by Crippen LogP contribution is 2.50. The van der Waals surface area contributed by atoms with Crippen molar-refractivity contribution >= 4 is 57.0 Å². The number of rotatable bonds is 8. The molecule has 2 aromatic rings. The van der Waals surface area contributed by atoms with E-state index >= 15 is 0 Å². The number of alkyl halides is 2. The fourth-order valence-electron chi connectivity index (χ4n) is 9.19. The molecule has 2 amide bonds. The van der Waals surface area contributed by atoms with Crippen molar-refractivity contribution in [1.82, 2.24) is 9.80 Å². The largest absolute Gasteiger partial charge is 0.507 e. The Labute approximate surface area is 388 Å². The quantitative estimate of drug-likeness (QED) is 0.119. The van der Waals surface area contributed by atoms with Crippen molar-refractivity contribution in [2.24, 2.45) is 23.7 Å². The molecule has 8 nitrogen and oxygen atoms in total. The molecule has 2 fully saturated rings. The lowest BCUT2D eigenvalue weighted by molar-refractivity contribution is -0.135. The third-order valence-corrected chi connectivity index (χ3v) is 12.6. The van der Waals surface area contributed by atoms with Crippen molar-refractivity contribution in [3.05, 3.63) is 93.1 Å². The number of phenolic OH excluding ortho intramolecular Hbond substituents is 4. The normalized spacial score (nSPS) is 21.4. The van der Waals surface area contributed by atoms with E-state index < -0.39 is 0 Å². The Morgan fingerprint density at radius 3 is 1.38 bits per heavy atom. The highest BCUT2D eigenvalue weighted by atomic mass is 127. The number of carbonyl (C=O) groups excluding carboxylic acids is 2. The van der Waals surface area contributed by atoms with Gasteiger partial charge in [0, 0.05) is 63.0 Å². The molecule has 0 aromatic heterocycles. The Morgan fingerprint density at radius 1 is 0.683 bits per heavy atom. The van der Waals surface area contributed by atoms with Gasteiger partial charge in [-0.15, -0.1) is 0 Å². The van der Waals surface area contributed by atoms with Crippen LogP contribution in [0.3, 0.4) is 0 Å². The van der Waals surface area contributed by atoms with Gasteiger partial charge in [-0.3, -0.25) is 9.59 Å². The summed E-state index contributed by atoms with van der Waals surface area (Å²) in [6, 6.07) is 3.55. The van der Waals surface area contributed by atoms with Crippen molar-refractivity contribution in [2.75, 3.05) is 26.2 Å². The molecule has 10 heteroatoms. The van der Waals surface area contributed by atoms with Crippen LogP contribution in [0.1, 0.15) is 133 Å². The molecule has 0 saturated carbocycles. The first-order chi connectivity index (χ1) is 28.1. The van der Waals surface area contributed by atoms with Crippen LogP contribution in [0.25, 0.3) is 0 Å². The van der Waals surface area contributed by atoms with E-state index in [2.05, 4.69) is 91.3 Å². The highest BCUT2D eigenvalue weighted by molar-refractivity contribution is 14.2. The zero-order valence-electron chi connectivity index (χ0n) is 38.1. The van der Waals surface area contributed by atoms with Crippen LogP contribution in [0.4, 0.5) is 0 Å². The lowest BCUT2D eigenvalue weighted by atomic mass is 9.72. The second-order valence-corrected chi connectivity index (χ2v) is 23.6. The van der Waals surface area contributed by atoms with Gasteiger partial charge in [-0.2, -0.15) is 0 Å². The molecule has 4 atom stereocenters. The predicted molar refractivity (Wildman–Crippen MR) is 265 cm³/mol. The van der Waals surface area contributed by atoms with Crippen LogP contribution in [-0.4, -0.2) is 70.2 Å². The predicted octanol–water partition coefficient (Wildman–Crippen LogP) is 12.1. The molecule has 6 rings (SSSR count). The second kappa shape index (κ2) is 22.9. The number of amides is 2. The Balaban J connectivity index is 0.000000284. The van der Waals surface area contributed by atoms with E-state index in [4.69, 9.17) is 0 Å². The minimum Gasteiger partial charge on any atom is -0.507 e. The van der Waals surface area contributed by atoms with Crippen LogP contribution in [0, 0.1) is 37.5 Å². The van der Waals surface area contributed by atoms with Gasteiger partial charge in [0.1, 0.15) is 23.0 Å². The number of aromatic hydroxyl groups is 4. The van der Waals surface area contributed by atoms with Crippen molar-refractivity contribution in [3.63, 3.8) is 0 Å². The molecule has 2 heterocycles. The van der Waals surface area contributed by atoms with Gasteiger partial charge in [0.2, 0.25) is 11.8 Å². The monoisotopic (exact) mass is 1050 g/mol. The van der Waals surface area contributed by atoms with E-state index in [1.54, 1.807) is 26.0 Å². The molecule has 2 aliphatic heterocycles. The van der Waals surface area contributed by atoms with Crippen molar-refractivity contribution < 1.29 is 30.0 Å². The van der Waals surface area contributed by atoms with Crippen molar-refractivity contribution in [1.29, 1.82) is 0 Å². The molecule has 2 saturated heterocycles. The summed E-state index contributed by atoms with van der Waals surface area (Å²) >= 11 is 4.66. The third kappa shape index (κ3) is 13.0. The van der Waals surface area contributed by atoms with Crippen LogP contribution < -0.4 is 0 Å². The summed E-state index contributed by atoms with van der Waals surface area (Å²) in [4.78, 5) is 26.4.